The molecule has 4 heteroatoms. The molecule has 4 aliphatic carbocycles. The fourth-order valence-corrected chi connectivity index (χ4v) is 8.26. The van der Waals surface area contributed by atoms with Crippen molar-refractivity contribution in [2.75, 3.05) is 14.2 Å². The lowest BCUT2D eigenvalue weighted by molar-refractivity contribution is -0.169. The Morgan fingerprint density at radius 1 is 1.23 bits per heavy atom. The van der Waals surface area contributed by atoms with Crippen molar-refractivity contribution in [3.63, 3.8) is 0 Å². The van der Waals surface area contributed by atoms with Crippen LogP contribution in [-0.2, 0) is 14.4 Å². The van der Waals surface area contributed by atoms with E-state index in [0.29, 0.717) is 30.0 Å². The van der Waals surface area contributed by atoms with E-state index in [2.05, 4.69) is 26.8 Å². The highest BCUT2D eigenvalue weighted by molar-refractivity contribution is 5.82. The zero-order valence-electron chi connectivity index (χ0n) is 19.7. The van der Waals surface area contributed by atoms with Gasteiger partial charge in [0, 0.05) is 26.3 Å². The molecular weight excluding hydrogens is 374 g/mol. The molecule has 0 unspecified atom stereocenters. The summed E-state index contributed by atoms with van der Waals surface area (Å²) in [5.41, 5.74) is 2.13. The zero-order valence-corrected chi connectivity index (χ0v) is 19.7. The van der Waals surface area contributed by atoms with Crippen LogP contribution in [0.3, 0.4) is 0 Å². The molecule has 0 aromatic carbocycles. The van der Waals surface area contributed by atoms with Crippen LogP contribution in [0.15, 0.2) is 11.6 Å². The molecule has 3 fully saturated rings. The molecule has 4 rings (SSSR count). The van der Waals surface area contributed by atoms with Gasteiger partial charge in [-0.15, -0.1) is 0 Å². The van der Waals surface area contributed by atoms with Gasteiger partial charge in [0.05, 0.1) is 7.11 Å². The number of amides is 1. The van der Waals surface area contributed by atoms with E-state index in [-0.39, 0.29) is 11.3 Å². The molecular formula is C26H41NO3. The van der Waals surface area contributed by atoms with Gasteiger partial charge in [-0.2, -0.15) is 0 Å². The van der Waals surface area contributed by atoms with E-state index in [4.69, 9.17) is 4.84 Å². The molecule has 7 atom stereocenters. The maximum atomic E-state index is 12.2. The van der Waals surface area contributed by atoms with Crippen molar-refractivity contribution in [3.05, 3.63) is 11.6 Å². The largest absolute Gasteiger partial charge is 0.299 e. The summed E-state index contributed by atoms with van der Waals surface area (Å²) in [4.78, 5) is 29.3. The Labute approximate surface area is 182 Å². The van der Waals surface area contributed by atoms with Crippen LogP contribution in [0.25, 0.3) is 0 Å². The van der Waals surface area contributed by atoms with Crippen molar-refractivity contribution < 1.29 is 14.4 Å². The summed E-state index contributed by atoms with van der Waals surface area (Å²) in [5.74, 6) is 4.16. The number of hydrogen-bond acceptors (Lipinski definition) is 3. The molecule has 0 N–H and O–H groups in total. The topological polar surface area (TPSA) is 46.6 Å². The normalized spacial score (nSPS) is 41.4. The molecule has 0 spiro atoms. The highest BCUT2D eigenvalue weighted by atomic mass is 16.7. The van der Waals surface area contributed by atoms with Gasteiger partial charge in [-0.1, -0.05) is 32.4 Å². The molecule has 0 saturated heterocycles. The van der Waals surface area contributed by atoms with Gasteiger partial charge in [0.25, 0.3) is 0 Å². The number of nitrogens with zero attached hydrogens (tertiary/aromatic N) is 1. The highest BCUT2D eigenvalue weighted by Gasteiger charge is 2.59. The van der Waals surface area contributed by atoms with E-state index in [9.17, 15) is 9.59 Å². The van der Waals surface area contributed by atoms with Gasteiger partial charge in [-0.05, 0) is 85.4 Å². The number of hydroxylamine groups is 2. The van der Waals surface area contributed by atoms with Gasteiger partial charge < -0.3 is 0 Å². The molecule has 0 aromatic heterocycles. The monoisotopic (exact) mass is 415 g/mol. The molecule has 0 aliphatic heterocycles. The van der Waals surface area contributed by atoms with E-state index < -0.39 is 0 Å². The average Bonchev–Trinajstić information content (AvgIpc) is 3.09. The molecule has 1 amide bonds. The fraction of sp³-hybridized carbons (Fsp3) is 0.846. The average molecular weight is 416 g/mol. The van der Waals surface area contributed by atoms with Gasteiger partial charge in [0.1, 0.15) is 5.78 Å². The third kappa shape index (κ3) is 3.47. The zero-order chi connectivity index (χ0) is 21.7. The number of rotatable bonds is 5. The Morgan fingerprint density at radius 3 is 2.73 bits per heavy atom. The minimum atomic E-state index is 0.0810. The first-order valence-electron chi connectivity index (χ1n) is 12.2. The predicted molar refractivity (Wildman–Crippen MR) is 118 cm³/mol. The van der Waals surface area contributed by atoms with Crippen molar-refractivity contribution in [2.24, 2.45) is 40.4 Å². The molecule has 4 aliphatic rings. The maximum absolute atomic E-state index is 12.2. The third-order valence-corrected chi connectivity index (χ3v) is 10.1. The van der Waals surface area contributed by atoms with Gasteiger partial charge in [-0.3, -0.25) is 14.4 Å². The molecule has 0 bridgehead atoms. The first kappa shape index (κ1) is 22.0. The van der Waals surface area contributed by atoms with Crippen LogP contribution in [-0.4, -0.2) is 30.9 Å². The van der Waals surface area contributed by atoms with Gasteiger partial charge >= 0.3 is 0 Å². The van der Waals surface area contributed by atoms with Crippen LogP contribution in [0.1, 0.15) is 85.0 Å². The van der Waals surface area contributed by atoms with Crippen LogP contribution < -0.4 is 0 Å². The molecule has 3 saturated carbocycles. The molecule has 168 valence electrons. The summed E-state index contributed by atoms with van der Waals surface area (Å²) in [6, 6.07) is 0. The molecule has 0 radical (unpaired) electrons. The Morgan fingerprint density at radius 2 is 2.00 bits per heavy atom. The quantitative estimate of drug-likeness (QED) is 0.435. The number of allylic oxidation sites excluding steroid dienone is 2. The first-order valence-corrected chi connectivity index (χ1v) is 12.2. The van der Waals surface area contributed by atoms with Gasteiger partial charge in [-0.25, -0.2) is 5.06 Å². The lowest BCUT2D eigenvalue weighted by atomic mass is 9.47. The minimum Gasteiger partial charge on any atom is -0.299 e. The molecule has 0 heterocycles. The first-order chi connectivity index (χ1) is 14.2. The van der Waals surface area contributed by atoms with E-state index in [0.717, 1.165) is 42.9 Å². The fourth-order valence-electron chi connectivity index (χ4n) is 8.26. The van der Waals surface area contributed by atoms with Crippen molar-refractivity contribution >= 4 is 11.7 Å². The van der Waals surface area contributed by atoms with E-state index in [1.807, 2.05) is 0 Å². The van der Waals surface area contributed by atoms with Crippen LogP contribution in [0.2, 0.25) is 0 Å². The van der Waals surface area contributed by atoms with Crippen LogP contribution in [0.5, 0.6) is 0 Å². The summed E-state index contributed by atoms with van der Waals surface area (Å²) in [6.45, 7) is 7.41. The summed E-state index contributed by atoms with van der Waals surface area (Å²) in [7, 11) is 3.25. The number of hydrogen-bond donors (Lipinski definition) is 0. The summed E-state index contributed by atoms with van der Waals surface area (Å²) in [6.07, 6.45) is 13.0. The van der Waals surface area contributed by atoms with Crippen molar-refractivity contribution in [2.45, 2.75) is 85.0 Å². The minimum absolute atomic E-state index is 0.0810. The number of ketones is 1. The standard InChI is InChI=1S/C26H41NO3/c1-17(6-11-24(29)27(4)30-5)21-9-10-22-20-8-7-18-16-19(28)12-14-25(18,2)23(20)13-15-26(21,22)3/h7,17,20-23H,6,8-16H2,1-5H3/t17-,20+,21-,22+,23+,25+,26-/m1/s1. The number of fused-ring (bicyclic) bond motifs is 5. The lowest BCUT2D eigenvalue weighted by Crippen LogP contribution is -2.50. The van der Waals surface area contributed by atoms with Crippen molar-refractivity contribution in [1.29, 1.82) is 0 Å². The Bertz CT molecular complexity index is 730. The van der Waals surface area contributed by atoms with Gasteiger partial charge in [0.2, 0.25) is 5.91 Å². The Balaban J connectivity index is 1.47. The summed E-state index contributed by atoms with van der Waals surface area (Å²) < 4.78 is 0. The van der Waals surface area contributed by atoms with Crippen molar-refractivity contribution in [1.82, 2.24) is 5.06 Å². The number of Topliss-reactive ketones (excluding diaryl/α,β-unsaturated/α-hetero) is 1. The van der Waals surface area contributed by atoms with E-state index in [1.165, 1.54) is 42.7 Å². The third-order valence-electron chi connectivity index (χ3n) is 10.1. The predicted octanol–water partition coefficient (Wildman–Crippen LogP) is 5.57. The van der Waals surface area contributed by atoms with E-state index in [1.54, 1.807) is 14.2 Å². The maximum Gasteiger partial charge on any atom is 0.245 e. The molecule has 30 heavy (non-hydrogen) atoms. The van der Waals surface area contributed by atoms with Crippen LogP contribution in [0, 0.1) is 40.4 Å². The Kier molecular flexibility index (Phi) is 5.93. The second-order valence-electron chi connectivity index (χ2n) is 11.3. The Hall–Kier alpha value is -1.16. The number of carbonyl (C=O) groups excluding carboxylic acids is 2. The molecule has 4 nitrogen and oxygen atoms in total. The summed E-state index contributed by atoms with van der Waals surface area (Å²) >= 11 is 0. The number of carbonyl (C=O) groups is 2. The summed E-state index contributed by atoms with van der Waals surface area (Å²) in [5, 5.41) is 1.36. The van der Waals surface area contributed by atoms with Crippen molar-refractivity contribution in [3.8, 4) is 0 Å². The van der Waals surface area contributed by atoms with Gasteiger partial charge in [0.15, 0.2) is 0 Å². The highest BCUT2D eigenvalue weighted by Crippen LogP contribution is 2.67. The smallest absolute Gasteiger partial charge is 0.245 e. The molecule has 0 aromatic rings. The SMILES string of the molecule is CON(C)C(=O)CC[C@@H](C)[C@H]1CC[C@H]2[C@@H]3CC=C4CC(=O)CC[C@]4(C)[C@H]3CC[C@]12C. The second kappa shape index (κ2) is 8.07. The van der Waals surface area contributed by atoms with E-state index >= 15 is 0 Å². The second-order valence-corrected chi connectivity index (χ2v) is 11.3. The van der Waals surface area contributed by atoms with Crippen LogP contribution in [0.4, 0.5) is 0 Å². The van der Waals surface area contributed by atoms with Crippen LogP contribution >= 0.6 is 0 Å². The lowest BCUT2D eigenvalue weighted by Gasteiger charge is -2.58.